The molecule has 0 bridgehead atoms. The van der Waals surface area contributed by atoms with Gasteiger partial charge < -0.3 is 9.80 Å². The van der Waals surface area contributed by atoms with Crippen molar-refractivity contribution in [3.8, 4) is 0 Å². The summed E-state index contributed by atoms with van der Waals surface area (Å²) in [4.78, 5) is 31.6. The van der Waals surface area contributed by atoms with E-state index in [-0.39, 0.29) is 23.0 Å². The molecule has 0 aliphatic carbocycles. The highest BCUT2D eigenvalue weighted by atomic mass is 32.2. The monoisotopic (exact) mass is 419 g/mol. The third-order valence-electron chi connectivity index (χ3n) is 5.15. The third kappa shape index (κ3) is 4.24. The van der Waals surface area contributed by atoms with Crippen molar-refractivity contribution in [1.29, 1.82) is 0 Å². The van der Waals surface area contributed by atoms with Crippen LogP contribution in [0.1, 0.15) is 20.6 Å². The van der Waals surface area contributed by atoms with Crippen LogP contribution in [0.5, 0.6) is 0 Å². The fourth-order valence-corrected chi connectivity index (χ4v) is 5.51. The summed E-state index contributed by atoms with van der Waals surface area (Å²) >= 11 is 3.02. The van der Waals surface area contributed by atoms with Gasteiger partial charge in [0.15, 0.2) is 0 Å². The number of benzene rings is 1. The van der Waals surface area contributed by atoms with Gasteiger partial charge in [-0.1, -0.05) is 18.2 Å². The smallest absolute Gasteiger partial charge is 0.264 e. The van der Waals surface area contributed by atoms with Crippen LogP contribution in [0.15, 0.2) is 41.8 Å². The highest BCUT2D eigenvalue weighted by Crippen LogP contribution is 2.38. The van der Waals surface area contributed by atoms with Crippen molar-refractivity contribution < 1.29 is 14.0 Å². The van der Waals surface area contributed by atoms with Crippen molar-refractivity contribution in [2.45, 2.75) is 5.37 Å². The van der Waals surface area contributed by atoms with E-state index in [2.05, 4.69) is 4.90 Å². The molecule has 2 aromatic rings. The molecule has 2 fully saturated rings. The molecule has 0 N–H and O–H groups in total. The van der Waals surface area contributed by atoms with Crippen LogP contribution in [-0.4, -0.2) is 71.5 Å². The van der Waals surface area contributed by atoms with Crippen molar-refractivity contribution in [2.24, 2.45) is 0 Å². The molecule has 5 nitrogen and oxygen atoms in total. The number of hydrogen-bond donors (Lipinski definition) is 0. The minimum atomic E-state index is -0.274. The third-order valence-corrected chi connectivity index (χ3v) is 7.26. The Balaban J connectivity index is 1.30. The maximum Gasteiger partial charge on any atom is 0.264 e. The van der Waals surface area contributed by atoms with Gasteiger partial charge in [-0.05, 0) is 29.1 Å². The van der Waals surface area contributed by atoms with Gasteiger partial charge in [-0.3, -0.25) is 14.5 Å². The lowest BCUT2D eigenvalue weighted by Crippen LogP contribution is -2.50. The number of amides is 2. The van der Waals surface area contributed by atoms with E-state index in [0.29, 0.717) is 25.4 Å². The van der Waals surface area contributed by atoms with Crippen LogP contribution in [-0.2, 0) is 4.79 Å². The van der Waals surface area contributed by atoms with Gasteiger partial charge in [0.05, 0.1) is 10.6 Å². The van der Waals surface area contributed by atoms with Gasteiger partial charge in [-0.2, -0.15) is 0 Å². The summed E-state index contributed by atoms with van der Waals surface area (Å²) in [5.74, 6) is 0.367. The largest absolute Gasteiger partial charge is 0.335 e. The van der Waals surface area contributed by atoms with Crippen molar-refractivity contribution in [1.82, 2.24) is 14.7 Å². The lowest BCUT2D eigenvalue weighted by molar-refractivity contribution is -0.128. The number of thioether (sulfide) groups is 1. The minimum Gasteiger partial charge on any atom is -0.335 e. The minimum absolute atomic E-state index is 0.103. The average Bonchev–Trinajstić information content (AvgIpc) is 3.36. The second kappa shape index (κ2) is 8.63. The first-order chi connectivity index (χ1) is 13.6. The van der Waals surface area contributed by atoms with Gasteiger partial charge in [-0.25, -0.2) is 4.39 Å². The van der Waals surface area contributed by atoms with Crippen LogP contribution < -0.4 is 0 Å². The van der Waals surface area contributed by atoms with Crippen molar-refractivity contribution in [3.63, 3.8) is 0 Å². The highest BCUT2D eigenvalue weighted by Gasteiger charge is 2.33. The van der Waals surface area contributed by atoms with E-state index in [1.165, 1.54) is 23.5 Å². The Morgan fingerprint density at radius 1 is 1.11 bits per heavy atom. The Morgan fingerprint density at radius 2 is 1.93 bits per heavy atom. The quantitative estimate of drug-likeness (QED) is 0.748. The van der Waals surface area contributed by atoms with Crippen LogP contribution in [0, 0.1) is 5.82 Å². The van der Waals surface area contributed by atoms with E-state index in [4.69, 9.17) is 0 Å². The zero-order valence-corrected chi connectivity index (χ0v) is 17.1. The molecule has 0 spiro atoms. The van der Waals surface area contributed by atoms with E-state index in [1.54, 1.807) is 17.8 Å². The predicted molar refractivity (Wildman–Crippen MR) is 110 cm³/mol. The molecule has 0 saturated carbocycles. The summed E-state index contributed by atoms with van der Waals surface area (Å²) in [6, 6.07) is 10.3. The summed E-state index contributed by atoms with van der Waals surface area (Å²) in [5.41, 5.74) is 0.835. The molecule has 2 aliphatic heterocycles. The Labute approximate surface area is 172 Å². The fraction of sp³-hybridized carbons (Fsp3) is 0.400. The molecule has 28 heavy (non-hydrogen) atoms. The fourth-order valence-electron chi connectivity index (χ4n) is 3.61. The predicted octanol–water partition coefficient (Wildman–Crippen LogP) is 2.92. The molecule has 1 atom stereocenters. The van der Waals surface area contributed by atoms with E-state index >= 15 is 0 Å². The molecule has 2 aliphatic rings. The molecule has 3 heterocycles. The van der Waals surface area contributed by atoms with Gasteiger partial charge in [0.2, 0.25) is 5.91 Å². The van der Waals surface area contributed by atoms with Gasteiger partial charge in [-0.15, -0.1) is 23.1 Å². The molecule has 4 rings (SSSR count). The van der Waals surface area contributed by atoms with Gasteiger partial charge in [0.25, 0.3) is 5.91 Å². The van der Waals surface area contributed by atoms with Crippen LogP contribution in [0.4, 0.5) is 4.39 Å². The maximum absolute atomic E-state index is 13.6. The summed E-state index contributed by atoms with van der Waals surface area (Å²) in [5, 5.41) is 1.80. The number of carbonyl (C=O) groups is 2. The normalized spacial score (nSPS) is 20.8. The van der Waals surface area contributed by atoms with Crippen LogP contribution in [0.2, 0.25) is 0 Å². The Bertz CT molecular complexity index is 838. The van der Waals surface area contributed by atoms with Gasteiger partial charge in [0.1, 0.15) is 11.2 Å². The SMILES string of the molecule is O=C(c1cccs1)N1CCN(CCN2C(=O)CS[C@H]2c2cccc(F)c2)CC1. The first kappa shape index (κ1) is 19.4. The van der Waals surface area contributed by atoms with E-state index < -0.39 is 0 Å². The topological polar surface area (TPSA) is 43.9 Å². The number of rotatable bonds is 5. The second-order valence-corrected chi connectivity index (χ2v) is 8.93. The molecule has 1 aromatic heterocycles. The zero-order valence-electron chi connectivity index (χ0n) is 15.4. The van der Waals surface area contributed by atoms with E-state index in [0.717, 1.165) is 30.1 Å². The zero-order chi connectivity index (χ0) is 19.5. The maximum atomic E-state index is 13.6. The summed E-state index contributed by atoms with van der Waals surface area (Å²) < 4.78 is 13.6. The summed E-state index contributed by atoms with van der Waals surface area (Å²) in [6.45, 7) is 4.39. The van der Waals surface area contributed by atoms with E-state index in [9.17, 15) is 14.0 Å². The van der Waals surface area contributed by atoms with Crippen molar-refractivity contribution in [2.75, 3.05) is 45.0 Å². The number of thiophene rings is 1. The standard InChI is InChI=1S/C20H22FN3O2S2/c21-16-4-1-3-15(13-16)20-24(18(25)14-28-20)11-8-22-6-9-23(10-7-22)19(26)17-5-2-12-27-17/h1-5,12-13,20H,6-11,14H2/t20-/m0/s1. The molecule has 0 unspecified atom stereocenters. The Morgan fingerprint density at radius 3 is 2.64 bits per heavy atom. The lowest BCUT2D eigenvalue weighted by Gasteiger charge is -2.36. The molecular formula is C20H22FN3O2S2. The number of piperazine rings is 1. The number of halogens is 1. The molecule has 2 saturated heterocycles. The molecule has 148 valence electrons. The lowest BCUT2D eigenvalue weighted by atomic mass is 10.2. The van der Waals surface area contributed by atoms with Crippen LogP contribution in [0.25, 0.3) is 0 Å². The Kier molecular flexibility index (Phi) is 5.99. The van der Waals surface area contributed by atoms with Crippen LogP contribution >= 0.6 is 23.1 Å². The van der Waals surface area contributed by atoms with Crippen molar-refractivity contribution in [3.05, 3.63) is 58.0 Å². The van der Waals surface area contributed by atoms with Crippen LogP contribution in [0.3, 0.4) is 0 Å². The molecular weight excluding hydrogens is 397 g/mol. The number of nitrogens with zero attached hydrogens (tertiary/aromatic N) is 3. The highest BCUT2D eigenvalue weighted by molar-refractivity contribution is 8.00. The van der Waals surface area contributed by atoms with Gasteiger partial charge >= 0.3 is 0 Å². The second-order valence-electron chi connectivity index (χ2n) is 6.92. The Hall–Kier alpha value is -1.90. The number of carbonyl (C=O) groups excluding carboxylic acids is 2. The van der Waals surface area contributed by atoms with Gasteiger partial charge in [0, 0.05) is 39.3 Å². The first-order valence-electron chi connectivity index (χ1n) is 9.33. The molecule has 0 radical (unpaired) electrons. The number of hydrogen-bond acceptors (Lipinski definition) is 5. The average molecular weight is 420 g/mol. The molecule has 2 amide bonds. The van der Waals surface area contributed by atoms with Crippen molar-refractivity contribution >= 4 is 34.9 Å². The molecule has 1 aromatic carbocycles. The van der Waals surface area contributed by atoms with E-state index in [1.807, 2.05) is 33.4 Å². The molecule has 8 heteroatoms. The summed E-state index contributed by atoms with van der Waals surface area (Å²) in [7, 11) is 0. The first-order valence-corrected chi connectivity index (χ1v) is 11.3. The summed E-state index contributed by atoms with van der Waals surface area (Å²) in [6.07, 6.45) is 0.